The fraction of sp³-hybridized carbons (Fsp3) is 0.417. The molecule has 0 aromatic heterocycles. The topological polar surface area (TPSA) is 67.8 Å². The van der Waals surface area contributed by atoms with E-state index >= 15 is 0 Å². The first kappa shape index (κ1) is 13.3. The molecule has 2 N–H and O–H groups in total. The molecule has 5 nitrogen and oxygen atoms in total. The van der Waals surface area contributed by atoms with Gasteiger partial charge in [0.15, 0.2) is 0 Å². The minimum atomic E-state index is -0.338. The molecule has 1 atom stereocenters. The molecule has 0 aliphatic carbocycles. The zero-order chi connectivity index (χ0) is 12.8. The van der Waals surface area contributed by atoms with Crippen molar-refractivity contribution < 1.29 is 19.4 Å². The predicted octanol–water partition coefficient (Wildman–Crippen LogP) is 1.17. The summed E-state index contributed by atoms with van der Waals surface area (Å²) in [4.78, 5) is 11.8. The number of hydrogen-bond donors (Lipinski definition) is 2. The van der Waals surface area contributed by atoms with Gasteiger partial charge >= 0.3 is 0 Å². The standard InChI is InChI=1S/C12H17NO4/c1-8(7-16-2)13-12(15)10-5-4-9(17-3)6-11(10)14/h4-6,8,14H,7H2,1-3H3,(H,13,15)/t8-/m1/s1. The highest BCUT2D eigenvalue weighted by atomic mass is 16.5. The van der Waals surface area contributed by atoms with Crippen molar-refractivity contribution in [2.24, 2.45) is 0 Å². The molecule has 1 aromatic carbocycles. The Morgan fingerprint density at radius 1 is 1.47 bits per heavy atom. The number of rotatable bonds is 5. The van der Waals surface area contributed by atoms with Crippen molar-refractivity contribution in [1.29, 1.82) is 0 Å². The Bertz CT molecular complexity index is 392. The van der Waals surface area contributed by atoms with Gasteiger partial charge in [-0.3, -0.25) is 4.79 Å². The molecule has 1 amide bonds. The number of hydrogen-bond acceptors (Lipinski definition) is 4. The van der Waals surface area contributed by atoms with Crippen molar-refractivity contribution in [2.75, 3.05) is 20.8 Å². The van der Waals surface area contributed by atoms with Gasteiger partial charge in [-0.1, -0.05) is 0 Å². The van der Waals surface area contributed by atoms with E-state index in [0.717, 1.165) is 0 Å². The Hall–Kier alpha value is -1.75. The van der Waals surface area contributed by atoms with Crippen LogP contribution in [-0.2, 0) is 4.74 Å². The zero-order valence-electron chi connectivity index (χ0n) is 10.2. The average Bonchev–Trinajstić information content (AvgIpc) is 2.28. The van der Waals surface area contributed by atoms with E-state index in [4.69, 9.17) is 9.47 Å². The molecule has 0 aliphatic heterocycles. The number of amides is 1. The summed E-state index contributed by atoms with van der Waals surface area (Å²) in [5.41, 5.74) is 0.216. The van der Waals surface area contributed by atoms with Gasteiger partial charge in [0.1, 0.15) is 11.5 Å². The maximum absolute atomic E-state index is 11.8. The Kier molecular flexibility index (Phi) is 4.78. The van der Waals surface area contributed by atoms with Crippen LogP contribution in [0.25, 0.3) is 0 Å². The first-order chi connectivity index (χ1) is 8.08. The molecular formula is C12H17NO4. The van der Waals surface area contributed by atoms with E-state index in [1.165, 1.54) is 19.2 Å². The van der Waals surface area contributed by atoms with Gasteiger partial charge in [0, 0.05) is 19.2 Å². The molecule has 5 heteroatoms. The van der Waals surface area contributed by atoms with E-state index in [0.29, 0.717) is 12.4 Å². The number of nitrogens with one attached hydrogen (secondary N) is 1. The molecule has 0 aliphatic rings. The van der Waals surface area contributed by atoms with Gasteiger partial charge in [0.05, 0.1) is 19.3 Å². The molecule has 0 radical (unpaired) electrons. The first-order valence-electron chi connectivity index (χ1n) is 5.25. The van der Waals surface area contributed by atoms with Crippen molar-refractivity contribution in [1.82, 2.24) is 5.32 Å². The summed E-state index contributed by atoms with van der Waals surface area (Å²) >= 11 is 0. The minimum absolute atomic E-state index is 0.105. The molecule has 0 saturated carbocycles. The predicted molar refractivity (Wildman–Crippen MR) is 63.5 cm³/mol. The van der Waals surface area contributed by atoms with Gasteiger partial charge in [-0.2, -0.15) is 0 Å². The summed E-state index contributed by atoms with van der Waals surface area (Å²) < 4.78 is 9.85. The smallest absolute Gasteiger partial charge is 0.255 e. The fourth-order valence-corrected chi connectivity index (χ4v) is 1.42. The minimum Gasteiger partial charge on any atom is -0.507 e. The second-order valence-electron chi connectivity index (χ2n) is 3.71. The number of carbonyl (C=O) groups is 1. The summed E-state index contributed by atoms with van der Waals surface area (Å²) in [6.45, 7) is 2.24. The van der Waals surface area contributed by atoms with Gasteiger partial charge in [-0.25, -0.2) is 0 Å². The summed E-state index contributed by atoms with van der Waals surface area (Å²) in [6.07, 6.45) is 0. The molecular weight excluding hydrogens is 222 g/mol. The van der Waals surface area contributed by atoms with E-state index in [9.17, 15) is 9.90 Å². The van der Waals surface area contributed by atoms with E-state index in [2.05, 4.69) is 5.32 Å². The lowest BCUT2D eigenvalue weighted by atomic mass is 10.1. The molecule has 94 valence electrons. The summed E-state index contributed by atoms with van der Waals surface area (Å²) in [5, 5.41) is 12.4. The van der Waals surface area contributed by atoms with Crippen molar-refractivity contribution in [2.45, 2.75) is 13.0 Å². The molecule has 1 aromatic rings. The Morgan fingerprint density at radius 3 is 2.71 bits per heavy atom. The van der Waals surface area contributed by atoms with Crippen LogP contribution in [0, 0.1) is 0 Å². The summed E-state index contributed by atoms with van der Waals surface area (Å²) in [7, 11) is 3.06. The highest BCUT2D eigenvalue weighted by Gasteiger charge is 2.14. The van der Waals surface area contributed by atoms with Crippen LogP contribution >= 0.6 is 0 Å². The van der Waals surface area contributed by atoms with Crippen molar-refractivity contribution in [3.05, 3.63) is 23.8 Å². The fourth-order valence-electron chi connectivity index (χ4n) is 1.42. The number of ether oxygens (including phenoxy) is 2. The molecule has 0 saturated heterocycles. The maximum atomic E-state index is 11.8. The number of carbonyl (C=O) groups excluding carboxylic acids is 1. The second kappa shape index (κ2) is 6.10. The second-order valence-corrected chi connectivity index (χ2v) is 3.71. The van der Waals surface area contributed by atoms with Crippen LogP contribution in [0.5, 0.6) is 11.5 Å². The third-order valence-corrected chi connectivity index (χ3v) is 2.24. The van der Waals surface area contributed by atoms with Crippen LogP contribution in [-0.4, -0.2) is 37.9 Å². The normalized spacial score (nSPS) is 11.9. The van der Waals surface area contributed by atoms with Crippen LogP contribution in [0.2, 0.25) is 0 Å². The maximum Gasteiger partial charge on any atom is 0.255 e. The van der Waals surface area contributed by atoms with Crippen LogP contribution in [0.3, 0.4) is 0 Å². The number of phenolic OH excluding ortho intramolecular Hbond substituents is 1. The third kappa shape index (κ3) is 3.64. The van der Waals surface area contributed by atoms with Gasteiger partial charge in [-0.05, 0) is 19.1 Å². The molecule has 0 bridgehead atoms. The lowest BCUT2D eigenvalue weighted by molar-refractivity contribution is 0.0903. The van der Waals surface area contributed by atoms with Crippen LogP contribution < -0.4 is 10.1 Å². The van der Waals surface area contributed by atoms with Gasteiger partial charge < -0.3 is 19.9 Å². The highest BCUT2D eigenvalue weighted by Crippen LogP contribution is 2.23. The molecule has 0 spiro atoms. The Morgan fingerprint density at radius 2 is 2.18 bits per heavy atom. The van der Waals surface area contributed by atoms with Crippen LogP contribution in [0.15, 0.2) is 18.2 Å². The highest BCUT2D eigenvalue weighted by molar-refractivity contribution is 5.97. The van der Waals surface area contributed by atoms with E-state index in [-0.39, 0.29) is 23.3 Å². The number of methoxy groups -OCH3 is 2. The van der Waals surface area contributed by atoms with Crippen LogP contribution in [0.4, 0.5) is 0 Å². The van der Waals surface area contributed by atoms with Crippen molar-refractivity contribution in [3.8, 4) is 11.5 Å². The van der Waals surface area contributed by atoms with Crippen molar-refractivity contribution in [3.63, 3.8) is 0 Å². The lowest BCUT2D eigenvalue weighted by Crippen LogP contribution is -2.35. The van der Waals surface area contributed by atoms with E-state index in [1.807, 2.05) is 6.92 Å². The third-order valence-electron chi connectivity index (χ3n) is 2.24. The molecule has 0 heterocycles. The van der Waals surface area contributed by atoms with Crippen molar-refractivity contribution >= 4 is 5.91 Å². The van der Waals surface area contributed by atoms with Gasteiger partial charge in [0.25, 0.3) is 5.91 Å². The van der Waals surface area contributed by atoms with Gasteiger partial charge in [0.2, 0.25) is 0 Å². The first-order valence-corrected chi connectivity index (χ1v) is 5.25. The Balaban J connectivity index is 2.75. The number of aromatic hydroxyl groups is 1. The number of phenols is 1. The van der Waals surface area contributed by atoms with E-state index in [1.54, 1.807) is 13.2 Å². The summed E-state index contributed by atoms with van der Waals surface area (Å²) in [6, 6.07) is 4.42. The quantitative estimate of drug-likeness (QED) is 0.809. The Labute approximate surface area is 100 Å². The molecule has 0 fully saturated rings. The van der Waals surface area contributed by atoms with Crippen LogP contribution in [0.1, 0.15) is 17.3 Å². The number of benzene rings is 1. The molecule has 1 rings (SSSR count). The average molecular weight is 239 g/mol. The monoisotopic (exact) mass is 239 g/mol. The van der Waals surface area contributed by atoms with Gasteiger partial charge in [-0.15, -0.1) is 0 Å². The van der Waals surface area contributed by atoms with E-state index < -0.39 is 0 Å². The largest absolute Gasteiger partial charge is 0.507 e. The zero-order valence-corrected chi connectivity index (χ0v) is 10.2. The molecule has 17 heavy (non-hydrogen) atoms. The SMILES string of the molecule is COC[C@@H](C)NC(=O)c1ccc(OC)cc1O. The summed E-state index contributed by atoms with van der Waals surface area (Å²) in [5.74, 6) is 0.0603. The molecule has 0 unspecified atom stereocenters. The lowest BCUT2D eigenvalue weighted by Gasteiger charge is -2.13.